The molecule has 0 amide bonds. The molecule has 0 fully saturated rings. The van der Waals surface area contributed by atoms with Crippen molar-refractivity contribution in [1.82, 2.24) is 0 Å². The number of hydrogen-bond donors (Lipinski definition) is 0. The van der Waals surface area contributed by atoms with Gasteiger partial charge in [0.1, 0.15) is 5.82 Å². The van der Waals surface area contributed by atoms with E-state index in [0.29, 0.717) is 15.1 Å². The molecule has 2 rings (SSSR count). The second-order valence-corrected chi connectivity index (χ2v) is 6.97. The van der Waals surface area contributed by atoms with Gasteiger partial charge in [-0.2, -0.15) is 0 Å². The first kappa shape index (κ1) is 13.3. The average Bonchev–Trinajstić information content (AvgIpc) is 2.58. The molecule has 90 valence electrons. The zero-order valence-electron chi connectivity index (χ0n) is 8.59. The summed E-state index contributed by atoms with van der Waals surface area (Å²) in [6, 6.07) is 8.39. The minimum atomic E-state index is -0.225. The predicted octanol–water partition coefficient (Wildman–Crippen LogP) is 5.87. The van der Waals surface area contributed by atoms with Gasteiger partial charge in [0.15, 0.2) is 0 Å². The van der Waals surface area contributed by atoms with E-state index >= 15 is 0 Å². The maximum atomic E-state index is 13.0. The summed E-state index contributed by atoms with van der Waals surface area (Å²) >= 11 is 16.8. The van der Waals surface area contributed by atoms with Crippen LogP contribution < -0.4 is 0 Å². The fourth-order valence-corrected chi connectivity index (χ4v) is 4.14. The molecule has 1 aromatic carbocycles. The van der Waals surface area contributed by atoms with Crippen LogP contribution in [0.3, 0.4) is 0 Å². The molecule has 0 aliphatic carbocycles. The van der Waals surface area contributed by atoms with Crippen molar-refractivity contribution in [2.45, 2.75) is 11.2 Å². The number of benzene rings is 1. The summed E-state index contributed by atoms with van der Waals surface area (Å²) in [5.41, 5.74) is 1.87. The summed E-state index contributed by atoms with van der Waals surface area (Å²) in [5.74, 6) is -0.225. The Labute approximate surface area is 121 Å². The molecule has 5 heteroatoms. The summed E-state index contributed by atoms with van der Waals surface area (Å²) in [7, 11) is 0. The van der Waals surface area contributed by atoms with E-state index in [0.717, 1.165) is 11.1 Å². The molecule has 17 heavy (non-hydrogen) atoms. The zero-order chi connectivity index (χ0) is 12.4. The standard InChI is InChI=1S/C12H8BrCl2FS/c13-10(9-6-11(14)17-12(9)15)5-7-2-1-3-8(16)4-7/h1-4,6,10H,5H2. The molecule has 0 radical (unpaired) electrons. The summed E-state index contributed by atoms with van der Waals surface area (Å²) in [6.45, 7) is 0. The first-order chi connectivity index (χ1) is 8.06. The van der Waals surface area contributed by atoms with Crippen molar-refractivity contribution in [2.75, 3.05) is 0 Å². The first-order valence-electron chi connectivity index (χ1n) is 4.89. The lowest BCUT2D eigenvalue weighted by Crippen LogP contribution is -1.94. The molecule has 0 spiro atoms. The van der Waals surface area contributed by atoms with Gasteiger partial charge in [-0.25, -0.2) is 4.39 Å². The van der Waals surface area contributed by atoms with Gasteiger partial charge in [0.25, 0.3) is 0 Å². The van der Waals surface area contributed by atoms with Crippen LogP contribution in [0.4, 0.5) is 4.39 Å². The molecule has 1 unspecified atom stereocenters. The van der Waals surface area contributed by atoms with E-state index in [1.165, 1.54) is 23.5 Å². The van der Waals surface area contributed by atoms with Gasteiger partial charge in [0, 0.05) is 4.83 Å². The van der Waals surface area contributed by atoms with E-state index < -0.39 is 0 Å². The van der Waals surface area contributed by atoms with Gasteiger partial charge < -0.3 is 0 Å². The lowest BCUT2D eigenvalue weighted by molar-refractivity contribution is 0.625. The Bertz CT molecular complexity index is 527. The third kappa shape index (κ3) is 3.44. The smallest absolute Gasteiger partial charge is 0.123 e. The van der Waals surface area contributed by atoms with Crippen LogP contribution in [0, 0.1) is 5.82 Å². The molecule has 1 aromatic heterocycles. The molecule has 0 nitrogen and oxygen atoms in total. The highest BCUT2D eigenvalue weighted by molar-refractivity contribution is 9.09. The zero-order valence-corrected chi connectivity index (χ0v) is 12.5. The summed E-state index contributed by atoms with van der Waals surface area (Å²) in [4.78, 5) is 0.0422. The monoisotopic (exact) mass is 352 g/mol. The van der Waals surface area contributed by atoms with Crippen molar-refractivity contribution < 1.29 is 4.39 Å². The molecular weight excluding hydrogens is 346 g/mol. The second kappa shape index (κ2) is 5.70. The van der Waals surface area contributed by atoms with Gasteiger partial charge in [0.05, 0.1) is 8.67 Å². The van der Waals surface area contributed by atoms with Crippen LogP contribution in [0.15, 0.2) is 30.3 Å². The third-order valence-electron chi connectivity index (χ3n) is 2.32. The molecule has 0 saturated carbocycles. The Morgan fingerprint density at radius 3 is 2.65 bits per heavy atom. The highest BCUT2D eigenvalue weighted by Crippen LogP contribution is 2.39. The van der Waals surface area contributed by atoms with Gasteiger partial charge in [0.2, 0.25) is 0 Å². The summed E-state index contributed by atoms with van der Waals surface area (Å²) < 4.78 is 14.4. The topological polar surface area (TPSA) is 0 Å². The molecule has 1 atom stereocenters. The summed E-state index contributed by atoms with van der Waals surface area (Å²) in [6.07, 6.45) is 0.671. The summed E-state index contributed by atoms with van der Waals surface area (Å²) in [5, 5.41) is 0. The van der Waals surface area contributed by atoms with Crippen LogP contribution in [0.1, 0.15) is 16.0 Å². The van der Waals surface area contributed by atoms with E-state index in [4.69, 9.17) is 23.2 Å². The number of hydrogen-bond acceptors (Lipinski definition) is 1. The number of rotatable bonds is 3. The minimum absolute atomic E-state index is 0.0422. The normalized spacial score (nSPS) is 12.7. The van der Waals surface area contributed by atoms with Gasteiger partial charge in [-0.15, -0.1) is 11.3 Å². The Kier molecular flexibility index (Phi) is 4.47. The number of halogens is 4. The number of alkyl halides is 1. The van der Waals surface area contributed by atoms with E-state index in [2.05, 4.69) is 15.9 Å². The fraction of sp³-hybridized carbons (Fsp3) is 0.167. The van der Waals surface area contributed by atoms with Crippen LogP contribution >= 0.6 is 50.5 Å². The molecule has 0 aliphatic heterocycles. The molecule has 1 heterocycles. The van der Waals surface area contributed by atoms with Gasteiger partial charge >= 0.3 is 0 Å². The lowest BCUT2D eigenvalue weighted by Gasteiger charge is -2.08. The van der Waals surface area contributed by atoms with Crippen molar-refractivity contribution >= 4 is 50.5 Å². The van der Waals surface area contributed by atoms with E-state index in [1.807, 2.05) is 12.1 Å². The molecule has 0 saturated heterocycles. The van der Waals surface area contributed by atoms with Gasteiger partial charge in [-0.05, 0) is 35.7 Å². The highest BCUT2D eigenvalue weighted by Gasteiger charge is 2.15. The molecule has 2 aromatic rings. The first-order valence-corrected chi connectivity index (χ1v) is 7.38. The van der Waals surface area contributed by atoms with Crippen LogP contribution in [0.5, 0.6) is 0 Å². The largest absolute Gasteiger partial charge is 0.207 e. The van der Waals surface area contributed by atoms with E-state index in [1.54, 1.807) is 6.07 Å². The maximum Gasteiger partial charge on any atom is 0.123 e. The Morgan fingerprint density at radius 1 is 1.29 bits per heavy atom. The van der Waals surface area contributed by atoms with Crippen molar-refractivity contribution in [3.63, 3.8) is 0 Å². The Balaban J connectivity index is 2.16. The van der Waals surface area contributed by atoms with Crippen LogP contribution in [-0.2, 0) is 6.42 Å². The van der Waals surface area contributed by atoms with Crippen molar-refractivity contribution in [1.29, 1.82) is 0 Å². The molecular formula is C12H8BrCl2FS. The minimum Gasteiger partial charge on any atom is -0.207 e. The van der Waals surface area contributed by atoms with E-state index in [-0.39, 0.29) is 10.6 Å². The molecule has 0 bridgehead atoms. The second-order valence-electron chi connectivity index (χ2n) is 3.58. The van der Waals surface area contributed by atoms with Crippen molar-refractivity contribution in [3.05, 3.63) is 55.9 Å². The van der Waals surface area contributed by atoms with Crippen LogP contribution in [0.25, 0.3) is 0 Å². The van der Waals surface area contributed by atoms with Crippen LogP contribution in [-0.4, -0.2) is 0 Å². The van der Waals surface area contributed by atoms with Crippen molar-refractivity contribution in [3.8, 4) is 0 Å². The van der Waals surface area contributed by atoms with E-state index in [9.17, 15) is 4.39 Å². The quantitative estimate of drug-likeness (QED) is 0.605. The van der Waals surface area contributed by atoms with Crippen LogP contribution in [0.2, 0.25) is 8.67 Å². The van der Waals surface area contributed by atoms with Crippen molar-refractivity contribution in [2.24, 2.45) is 0 Å². The predicted molar refractivity (Wildman–Crippen MR) is 76.1 cm³/mol. The Morgan fingerprint density at radius 2 is 2.06 bits per heavy atom. The third-order valence-corrected chi connectivity index (χ3v) is 4.66. The SMILES string of the molecule is Fc1cccc(CC(Br)c2cc(Cl)sc2Cl)c1. The van der Waals surface area contributed by atoms with Gasteiger partial charge in [-0.1, -0.05) is 51.3 Å². The fourth-order valence-electron chi connectivity index (χ4n) is 1.55. The van der Waals surface area contributed by atoms with Gasteiger partial charge in [-0.3, -0.25) is 0 Å². The Hall–Kier alpha value is -0.0900. The average molecular weight is 354 g/mol. The molecule has 0 N–H and O–H groups in total. The lowest BCUT2D eigenvalue weighted by atomic mass is 10.1. The highest BCUT2D eigenvalue weighted by atomic mass is 79.9. The maximum absolute atomic E-state index is 13.0. The number of thiophene rings is 1. The molecule has 0 aliphatic rings.